The van der Waals surface area contributed by atoms with Gasteiger partial charge in [0.15, 0.2) is 0 Å². The Morgan fingerprint density at radius 3 is 1.81 bits per heavy atom. The number of ether oxygens (including phenoxy) is 1. The largest absolute Gasteiger partial charge is 0.573 e. The normalized spacial score (nSPS) is 9.46. The van der Waals surface area contributed by atoms with Gasteiger partial charge >= 0.3 is 6.36 Å². The van der Waals surface area contributed by atoms with Crippen LogP contribution in [0, 0.1) is 19.7 Å². The van der Waals surface area contributed by atoms with Crippen molar-refractivity contribution in [2.45, 2.75) is 47.9 Å². The lowest BCUT2D eigenvalue weighted by atomic mass is 10.2. The second-order valence-corrected chi connectivity index (χ2v) is 4.38. The molecule has 148 valence electrons. The summed E-state index contributed by atoms with van der Waals surface area (Å²) in [6, 6.07) is 7.64. The van der Waals surface area contributed by atoms with Crippen molar-refractivity contribution in [3.8, 4) is 17.2 Å². The number of aryl methyl sites for hydroxylation is 1. The molecule has 0 fully saturated rings. The maximum Gasteiger partial charge on any atom is 0.573 e. The molecule has 0 aromatic heterocycles. The first-order valence-electron chi connectivity index (χ1n) is 8.09. The molecule has 0 heterocycles. The van der Waals surface area contributed by atoms with Gasteiger partial charge < -0.3 is 14.9 Å². The fourth-order valence-corrected chi connectivity index (χ4v) is 1.47. The molecule has 0 spiro atoms. The third-order valence-electron chi connectivity index (χ3n) is 2.62. The van der Waals surface area contributed by atoms with Crippen molar-refractivity contribution in [3.05, 3.63) is 53.3 Å². The summed E-state index contributed by atoms with van der Waals surface area (Å²) in [6.45, 7) is 10.9. The molecule has 0 aliphatic carbocycles. The number of phenolic OH excluding ortho intramolecular Hbond substituents is 2. The summed E-state index contributed by atoms with van der Waals surface area (Å²) in [5, 5.41) is 17.8. The molecule has 2 aromatic rings. The average molecular weight is 378 g/mol. The van der Waals surface area contributed by atoms with Crippen molar-refractivity contribution in [1.29, 1.82) is 0 Å². The standard InChI is InChI=1S/C8H7F3O2.C7H7FO.2C2H6/c1-5-4-6(12)2-3-7(5)13-8(9,10)11;1-5-6(8)3-2-4-7(5)9;2*1-2/h2-4,12H,1H3;2-4,9H,1H3;2*1-2H3. The molecular formula is C19H26F4O3. The highest BCUT2D eigenvalue weighted by Gasteiger charge is 2.31. The number of benzene rings is 2. The molecule has 0 saturated carbocycles. The molecule has 0 radical (unpaired) electrons. The van der Waals surface area contributed by atoms with E-state index in [9.17, 15) is 17.6 Å². The van der Waals surface area contributed by atoms with Crippen LogP contribution in [0.1, 0.15) is 38.8 Å². The van der Waals surface area contributed by atoms with Crippen molar-refractivity contribution in [1.82, 2.24) is 0 Å². The lowest BCUT2D eigenvalue weighted by Gasteiger charge is -2.10. The van der Waals surface area contributed by atoms with Crippen LogP contribution in [0.4, 0.5) is 17.6 Å². The van der Waals surface area contributed by atoms with E-state index in [0.717, 1.165) is 12.1 Å². The minimum Gasteiger partial charge on any atom is -0.508 e. The summed E-state index contributed by atoms with van der Waals surface area (Å²) < 4.78 is 51.3. The van der Waals surface area contributed by atoms with Crippen LogP contribution in [-0.2, 0) is 0 Å². The molecule has 0 amide bonds. The molecule has 26 heavy (non-hydrogen) atoms. The summed E-state index contributed by atoms with van der Waals surface area (Å²) in [7, 11) is 0. The third kappa shape index (κ3) is 10.4. The van der Waals surface area contributed by atoms with Gasteiger partial charge in [0.05, 0.1) is 0 Å². The first-order valence-corrected chi connectivity index (χ1v) is 8.09. The average Bonchev–Trinajstić information content (AvgIpc) is 2.58. The highest BCUT2D eigenvalue weighted by molar-refractivity contribution is 5.38. The van der Waals surface area contributed by atoms with Gasteiger partial charge in [-0.15, -0.1) is 13.2 Å². The SMILES string of the molecule is CC.CC.Cc1c(O)cccc1F.Cc1cc(O)ccc1OC(F)(F)F. The summed E-state index contributed by atoms with van der Waals surface area (Å²) in [4.78, 5) is 0. The number of aromatic hydroxyl groups is 2. The van der Waals surface area contributed by atoms with Crippen LogP contribution in [-0.4, -0.2) is 16.6 Å². The zero-order valence-electron chi connectivity index (χ0n) is 15.8. The zero-order chi connectivity index (χ0) is 20.9. The number of hydrogen-bond acceptors (Lipinski definition) is 3. The Bertz CT molecular complexity index is 621. The van der Waals surface area contributed by atoms with Gasteiger partial charge in [-0.25, -0.2) is 4.39 Å². The number of halogens is 4. The Labute approximate surface area is 151 Å². The van der Waals surface area contributed by atoms with Gasteiger partial charge in [-0.05, 0) is 49.7 Å². The number of rotatable bonds is 1. The molecule has 2 rings (SSSR count). The molecule has 3 nitrogen and oxygen atoms in total. The maximum absolute atomic E-state index is 12.4. The minimum atomic E-state index is -4.69. The fourth-order valence-electron chi connectivity index (χ4n) is 1.47. The van der Waals surface area contributed by atoms with Gasteiger partial charge in [-0.1, -0.05) is 33.8 Å². The zero-order valence-corrected chi connectivity index (χ0v) is 15.8. The lowest BCUT2D eigenvalue weighted by molar-refractivity contribution is -0.274. The Morgan fingerprint density at radius 1 is 0.885 bits per heavy atom. The van der Waals surface area contributed by atoms with Crippen LogP contribution in [0.5, 0.6) is 17.2 Å². The van der Waals surface area contributed by atoms with E-state index in [1.807, 2.05) is 27.7 Å². The molecule has 7 heteroatoms. The maximum atomic E-state index is 12.4. The molecule has 0 aliphatic rings. The Balaban J connectivity index is 0. The van der Waals surface area contributed by atoms with Crippen LogP contribution in [0.2, 0.25) is 0 Å². The highest BCUT2D eigenvalue weighted by atomic mass is 19.4. The van der Waals surface area contributed by atoms with Gasteiger partial charge in [0.25, 0.3) is 0 Å². The van der Waals surface area contributed by atoms with Crippen molar-refractivity contribution < 1.29 is 32.5 Å². The molecule has 0 atom stereocenters. The van der Waals surface area contributed by atoms with Gasteiger partial charge in [0.2, 0.25) is 0 Å². The summed E-state index contributed by atoms with van der Waals surface area (Å²) in [5.74, 6) is -0.748. The van der Waals surface area contributed by atoms with E-state index < -0.39 is 6.36 Å². The highest BCUT2D eigenvalue weighted by Crippen LogP contribution is 2.28. The second kappa shape index (κ2) is 12.9. The van der Waals surface area contributed by atoms with E-state index in [-0.39, 0.29) is 28.6 Å². The number of alkyl halides is 3. The Morgan fingerprint density at radius 2 is 1.42 bits per heavy atom. The van der Waals surface area contributed by atoms with Gasteiger partial charge in [-0.2, -0.15) is 0 Å². The van der Waals surface area contributed by atoms with Gasteiger partial charge in [-0.3, -0.25) is 0 Å². The quantitative estimate of drug-likeness (QED) is 0.558. The van der Waals surface area contributed by atoms with Crippen molar-refractivity contribution in [2.24, 2.45) is 0 Å². The van der Waals surface area contributed by atoms with E-state index in [1.165, 1.54) is 38.1 Å². The van der Waals surface area contributed by atoms with E-state index >= 15 is 0 Å². The van der Waals surface area contributed by atoms with Crippen molar-refractivity contribution in [2.75, 3.05) is 0 Å². The predicted octanol–water partition coefficient (Wildman–Crippen LogP) is 6.49. The van der Waals surface area contributed by atoms with Crippen LogP contribution in [0.15, 0.2) is 36.4 Å². The summed E-state index contributed by atoms with van der Waals surface area (Å²) in [6.07, 6.45) is -4.69. The molecule has 0 unspecified atom stereocenters. The van der Waals surface area contributed by atoms with Crippen molar-refractivity contribution >= 4 is 0 Å². The molecule has 0 saturated heterocycles. The summed E-state index contributed by atoms with van der Waals surface area (Å²) >= 11 is 0. The van der Waals surface area contributed by atoms with Gasteiger partial charge in [0.1, 0.15) is 23.1 Å². The first kappa shape index (κ1) is 25.8. The molecule has 2 N–H and O–H groups in total. The van der Waals surface area contributed by atoms with Crippen molar-refractivity contribution in [3.63, 3.8) is 0 Å². The predicted molar refractivity (Wildman–Crippen MR) is 95.0 cm³/mol. The third-order valence-corrected chi connectivity index (χ3v) is 2.62. The molecule has 0 aliphatic heterocycles. The summed E-state index contributed by atoms with van der Waals surface area (Å²) in [5.41, 5.74) is 0.537. The van der Waals surface area contributed by atoms with E-state index in [0.29, 0.717) is 5.56 Å². The van der Waals surface area contributed by atoms with Crippen LogP contribution < -0.4 is 4.74 Å². The minimum absolute atomic E-state index is 0.00926. The number of phenols is 2. The van der Waals surface area contributed by atoms with E-state index in [4.69, 9.17) is 10.2 Å². The smallest absolute Gasteiger partial charge is 0.508 e. The lowest BCUT2D eigenvalue weighted by Crippen LogP contribution is -2.17. The topological polar surface area (TPSA) is 49.7 Å². The molecular weight excluding hydrogens is 352 g/mol. The Kier molecular flexibility index (Phi) is 12.8. The Hall–Kier alpha value is -2.44. The second-order valence-electron chi connectivity index (χ2n) is 4.38. The van der Waals surface area contributed by atoms with Gasteiger partial charge in [0, 0.05) is 5.56 Å². The van der Waals surface area contributed by atoms with E-state index in [1.54, 1.807) is 0 Å². The van der Waals surface area contributed by atoms with E-state index in [2.05, 4.69) is 4.74 Å². The molecule has 2 aromatic carbocycles. The van der Waals surface area contributed by atoms with Crippen LogP contribution in [0.25, 0.3) is 0 Å². The van der Waals surface area contributed by atoms with Crippen LogP contribution in [0.3, 0.4) is 0 Å². The monoisotopic (exact) mass is 378 g/mol. The fraction of sp³-hybridized carbons (Fsp3) is 0.368. The number of hydrogen-bond donors (Lipinski definition) is 2. The first-order chi connectivity index (χ1) is 12.1. The molecule has 0 bridgehead atoms. The van der Waals surface area contributed by atoms with Crippen LogP contribution >= 0.6 is 0 Å².